The molecule has 0 aliphatic heterocycles. The highest BCUT2D eigenvalue weighted by molar-refractivity contribution is 7.58. The first kappa shape index (κ1) is 14.6. The van der Waals surface area contributed by atoms with E-state index in [0.717, 1.165) is 6.16 Å². The molecule has 0 amide bonds. The number of hydrogen-bond donors (Lipinski definition) is 0. The van der Waals surface area contributed by atoms with E-state index in [0.29, 0.717) is 27.1 Å². The van der Waals surface area contributed by atoms with Gasteiger partial charge in [0.05, 0.1) is 24.3 Å². The van der Waals surface area contributed by atoms with Crippen molar-refractivity contribution in [2.75, 3.05) is 20.4 Å². The third-order valence-electron chi connectivity index (χ3n) is 2.11. The number of carbonyl (C=O) groups is 1. The van der Waals surface area contributed by atoms with Crippen LogP contribution in [0.3, 0.4) is 0 Å². The van der Waals surface area contributed by atoms with Crippen LogP contribution in [0.4, 0.5) is 0 Å². The van der Waals surface area contributed by atoms with Gasteiger partial charge >= 0.3 is 0 Å². The molecule has 1 aromatic rings. The van der Waals surface area contributed by atoms with E-state index in [-0.39, 0.29) is 14.1 Å². The molecule has 0 fully saturated rings. The second-order valence-electron chi connectivity index (χ2n) is 3.14. The van der Waals surface area contributed by atoms with Crippen molar-refractivity contribution in [2.45, 2.75) is 6.92 Å². The highest BCUT2D eigenvalue weighted by Gasteiger charge is 2.23. The fraction of sp³-hybridized carbons (Fsp3) is 0.364. The number of methoxy groups -OCH3 is 2. The molecule has 6 heteroatoms. The predicted octanol–water partition coefficient (Wildman–Crippen LogP) is 3.85. The van der Waals surface area contributed by atoms with Crippen LogP contribution < -0.4 is 9.47 Å². The molecule has 0 aliphatic carbocycles. The molecule has 1 unspecified atom stereocenters. The molecule has 0 heterocycles. The quantitative estimate of drug-likeness (QED) is 0.774. The summed E-state index contributed by atoms with van der Waals surface area (Å²) in [7, 11) is 3.06. The van der Waals surface area contributed by atoms with Crippen molar-refractivity contribution in [1.82, 2.24) is 0 Å². The summed E-state index contributed by atoms with van der Waals surface area (Å²) >= 11 is 12.0. The van der Waals surface area contributed by atoms with Gasteiger partial charge in [0.1, 0.15) is 5.56 Å². The van der Waals surface area contributed by atoms with Gasteiger partial charge < -0.3 is 9.47 Å². The van der Waals surface area contributed by atoms with E-state index >= 15 is 0 Å². The number of benzene rings is 1. The van der Waals surface area contributed by atoms with Crippen LogP contribution in [0.1, 0.15) is 17.3 Å². The van der Waals surface area contributed by atoms with Crippen LogP contribution >= 0.6 is 31.8 Å². The molecular weight excluding hydrogens is 282 g/mol. The highest BCUT2D eigenvalue weighted by atomic mass is 35.5. The van der Waals surface area contributed by atoms with E-state index < -0.39 is 0 Å². The van der Waals surface area contributed by atoms with E-state index in [4.69, 9.17) is 32.7 Å². The monoisotopic (exact) mass is 294 g/mol. The minimum Gasteiger partial charge on any atom is -0.494 e. The summed E-state index contributed by atoms with van der Waals surface area (Å²) in [6, 6.07) is 1.51. The molecule has 94 valence electrons. The Balaban J connectivity index is 3.45. The summed E-state index contributed by atoms with van der Waals surface area (Å²) in [5, 5.41) is 0.616. The second-order valence-corrected chi connectivity index (χ2v) is 5.47. The first-order chi connectivity index (χ1) is 8.06. The maximum absolute atomic E-state index is 12.0. The third-order valence-corrected chi connectivity index (χ3v) is 3.60. The van der Waals surface area contributed by atoms with E-state index in [1.54, 1.807) is 0 Å². The first-order valence-electron chi connectivity index (χ1n) is 4.94. The van der Waals surface area contributed by atoms with Crippen molar-refractivity contribution in [3.8, 4) is 11.5 Å². The highest BCUT2D eigenvalue weighted by Crippen LogP contribution is 2.43. The minimum atomic E-state index is -0.0643. The van der Waals surface area contributed by atoms with E-state index in [2.05, 4.69) is 0 Å². The van der Waals surface area contributed by atoms with Gasteiger partial charge in [-0.2, -0.15) is 0 Å². The molecule has 1 atom stereocenters. The van der Waals surface area contributed by atoms with E-state index in [1.165, 1.54) is 20.3 Å². The third kappa shape index (κ3) is 3.04. The molecule has 0 aliphatic rings. The fourth-order valence-electron chi connectivity index (χ4n) is 1.44. The summed E-state index contributed by atoms with van der Waals surface area (Å²) in [4.78, 5) is 12.0. The van der Waals surface area contributed by atoms with Crippen molar-refractivity contribution < 1.29 is 14.3 Å². The van der Waals surface area contributed by atoms with Crippen LogP contribution in [-0.4, -0.2) is 25.9 Å². The largest absolute Gasteiger partial charge is 0.494 e. The Kier molecular flexibility index (Phi) is 5.51. The van der Waals surface area contributed by atoms with Gasteiger partial charge in [0.2, 0.25) is 0 Å². The first-order valence-corrected chi connectivity index (χ1v) is 6.91. The maximum Gasteiger partial charge on any atom is 0.188 e. The molecule has 0 bridgehead atoms. The Hall–Kier alpha value is -0.500. The molecule has 0 N–H and O–H groups in total. The molecule has 1 rings (SSSR count). The Labute approximate surface area is 112 Å². The number of carbonyl (C=O) groups excluding carboxylic acids is 1. The van der Waals surface area contributed by atoms with Crippen LogP contribution in [0.2, 0.25) is 10.0 Å². The zero-order valence-corrected chi connectivity index (χ0v) is 12.3. The van der Waals surface area contributed by atoms with Crippen LogP contribution in [0.5, 0.6) is 11.5 Å². The Bertz CT molecular complexity index is 407. The zero-order chi connectivity index (χ0) is 13.0. The van der Waals surface area contributed by atoms with Gasteiger partial charge in [0.25, 0.3) is 0 Å². The molecule has 17 heavy (non-hydrogen) atoms. The van der Waals surface area contributed by atoms with Crippen molar-refractivity contribution in [3.63, 3.8) is 0 Å². The second kappa shape index (κ2) is 6.44. The summed E-state index contributed by atoms with van der Waals surface area (Å²) in [6.45, 7) is 1.93. The summed E-state index contributed by atoms with van der Waals surface area (Å²) in [6.07, 6.45) is 0.759. The Morgan fingerprint density at radius 1 is 1.24 bits per heavy atom. The SMILES string of the molecule is CCPC(=O)c1c(OC)c(Cl)cc(Cl)c1OC. The molecule has 0 radical (unpaired) electrons. The Morgan fingerprint density at radius 3 is 2.06 bits per heavy atom. The lowest BCUT2D eigenvalue weighted by molar-refractivity contribution is 0.108. The Morgan fingerprint density at radius 2 is 1.71 bits per heavy atom. The van der Waals surface area contributed by atoms with Crippen LogP contribution in [0.25, 0.3) is 0 Å². The van der Waals surface area contributed by atoms with Crippen LogP contribution in [-0.2, 0) is 0 Å². The van der Waals surface area contributed by atoms with Crippen LogP contribution in [0, 0.1) is 0 Å². The van der Waals surface area contributed by atoms with E-state index in [9.17, 15) is 4.79 Å². The van der Waals surface area contributed by atoms with Crippen molar-refractivity contribution in [1.29, 1.82) is 0 Å². The standard InChI is InChI=1S/C11H13Cl2O3P/c1-4-17-11(14)8-9(15-2)6(12)5-7(13)10(8)16-3/h5,17H,4H2,1-3H3. The molecule has 0 aromatic heterocycles. The summed E-state index contributed by atoms with van der Waals surface area (Å²) < 4.78 is 10.3. The van der Waals surface area contributed by atoms with Gasteiger partial charge in [-0.05, 0) is 20.8 Å². The topological polar surface area (TPSA) is 35.5 Å². The van der Waals surface area contributed by atoms with Gasteiger partial charge in [0, 0.05) is 0 Å². The zero-order valence-electron chi connectivity index (χ0n) is 9.77. The predicted molar refractivity (Wildman–Crippen MR) is 72.8 cm³/mol. The lowest BCUT2D eigenvalue weighted by Crippen LogP contribution is -2.02. The van der Waals surface area contributed by atoms with E-state index in [1.807, 2.05) is 6.92 Å². The molecule has 3 nitrogen and oxygen atoms in total. The lowest BCUT2D eigenvalue weighted by Gasteiger charge is -2.14. The lowest BCUT2D eigenvalue weighted by atomic mass is 10.2. The molecule has 0 saturated carbocycles. The van der Waals surface area contributed by atoms with Crippen molar-refractivity contribution >= 4 is 37.3 Å². The number of ether oxygens (including phenoxy) is 2. The average molecular weight is 295 g/mol. The number of rotatable bonds is 5. The molecule has 0 saturated heterocycles. The number of hydrogen-bond acceptors (Lipinski definition) is 3. The van der Waals surface area contributed by atoms with Gasteiger partial charge in [-0.3, -0.25) is 4.79 Å². The summed E-state index contributed by atoms with van der Waals surface area (Å²) in [5.74, 6) is 0.637. The fourth-order valence-corrected chi connectivity index (χ4v) is 2.78. The maximum atomic E-state index is 12.0. The molecular formula is C11H13Cl2O3P. The van der Waals surface area contributed by atoms with Gasteiger partial charge in [-0.25, -0.2) is 0 Å². The molecule has 1 aromatic carbocycles. The normalized spacial score (nSPS) is 10.9. The van der Waals surface area contributed by atoms with Gasteiger partial charge in [0.15, 0.2) is 17.0 Å². The minimum absolute atomic E-state index is 0.0643. The summed E-state index contributed by atoms with van der Waals surface area (Å²) in [5.41, 5.74) is 0.262. The smallest absolute Gasteiger partial charge is 0.188 e. The average Bonchev–Trinajstić information content (AvgIpc) is 2.28. The van der Waals surface area contributed by atoms with Gasteiger partial charge in [-0.15, -0.1) is 0 Å². The van der Waals surface area contributed by atoms with Crippen molar-refractivity contribution in [2.24, 2.45) is 0 Å². The van der Waals surface area contributed by atoms with Crippen LogP contribution in [0.15, 0.2) is 6.07 Å². The van der Waals surface area contributed by atoms with Gasteiger partial charge in [-0.1, -0.05) is 30.1 Å². The molecule has 0 spiro atoms. The number of halogens is 2. The van der Waals surface area contributed by atoms with Crippen molar-refractivity contribution in [3.05, 3.63) is 21.7 Å².